The van der Waals surface area contributed by atoms with Crippen LogP contribution < -0.4 is 5.32 Å². The molecule has 2 aromatic rings. The van der Waals surface area contributed by atoms with Crippen molar-refractivity contribution in [2.24, 2.45) is 0 Å². The van der Waals surface area contributed by atoms with Gasteiger partial charge in [-0.3, -0.25) is 4.79 Å². The highest BCUT2D eigenvalue weighted by atomic mass is 79.9. The van der Waals surface area contributed by atoms with Gasteiger partial charge in [0.2, 0.25) is 0 Å². The van der Waals surface area contributed by atoms with Crippen LogP contribution in [0.4, 0.5) is 0 Å². The van der Waals surface area contributed by atoms with E-state index in [0.29, 0.717) is 5.33 Å². The molecule has 0 radical (unpaired) electrons. The first-order valence-electron chi connectivity index (χ1n) is 6.02. The third kappa shape index (κ3) is 3.61. The first-order valence-corrected chi connectivity index (χ1v) is 7.93. The molecular formula is C15H13Br2NO2. The molecule has 0 saturated carbocycles. The molecule has 0 fully saturated rings. The standard InChI is InChI=1S/C15H13Br2NO2/c16-9-13(10-4-2-1-3-5-10)18-15(20)12-8-11(17)6-7-14(12)19/h1-8,13,19H,9H2,(H,18,20). The number of rotatable bonds is 4. The van der Waals surface area contributed by atoms with Crippen LogP contribution >= 0.6 is 31.9 Å². The molecule has 2 N–H and O–H groups in total. The Hall–Kier alpha value is -1.33. The lowest BCUT2D eigenvalue weighted by Crippen LogP contribution is -2.29. The summed E-state index contributed by atoms with van der Waals surface area (Å²) >= 11 is 6.69. The average Bonchev–Trinajstić information content (AvgIpc) is 2.48. The number of alkyl halides is 1. The number of amides is 1. The second kappa shape index (κ2) is 6.90. The first-order chi connectivity index (χ1) is 9.61. The maximum absolute atomic E-state index is 12.2. The molecule has 1 atom stereocenters. The Labute approximate surface area is 134 Å². The quantitative estimate of drug-likeness (QED) is 0.764. The van der Waals surface area contributed by atoms with Gasteiger partial charge in [0.1, 0.15) is 5.75 Å². The van der Waals surface area contributed by atoms with Crippen molar-refractivity contribution in [3.63, 3.8) is 0 Å². The van der Waals surface area contributed by atoms with Crippen molar-refractivity contribution < 1.29 is 9.90 Å². The molecule has 0 aliphatic heterocycles. The van der Waals surface area contributed by atoms with Crippen molar-refractivity contribution in [1.82, 2.24) is 5.32 Å². The van der Waals surface area contributed by atoms with Crippen molar-refractivity contribution >= 4 is 37.8 Å². The van der Waals surface area contributed by atoms with Crippen LogP contribution in [0, 0.1) is 0 Å². The maximum atomic E-state index is 12.2. The van der Waals surface area contributed by atoms with E-state index in [9.17, 15) is 9.90 Å². The van der Waals surface area contributed by atoms with Gasteiger partial charge in [-0.2, -0.15) is 0 Å². The van der Waals surface area contributed by atoms with E-state index in [1.807, 2.05) is 30.3 Å². The van der Waals surface area contributed by atoms with Crippen molar-refractivity contribution in [3.05, 3.63) is 64.1 Å². The van der Waals surface area contributed by atoms with E-state index >= 15 is 0 Å². The topological polar surface area (TPSA) is 49.3 Å². The molecule has 0 heterocycles. The largest absolute Gasteiger partial charge is 0.507 e. The second-order valence-electron chi connectivity index (χ2n) is 4.25. The Bertz CT molecular complexity index is 602. The zero-order valence-electron chi connectivity index (χ0n) is 10.5. The lowest BCUT2D eigenvalue weighted by molar-refractivity contribution is 0.0938. The van der Waals surface area contributed by atoms with Gasteiger partial charge in [-0.25, -0.2) is 0 Å². The third-order valence-corrected chi connectivity index (χ3v) is 4.01. The molecule has 0 aliphatic rings. The Balaban J connectivity index is 2.20. The van der Waals surface area contributed by atoms with E-state index in [2.05, 4.69) is 37.2 Å². The lowest BCUT2D eigenvalue weighted by Gasteiger charge is -2.17. The van der Waals surface area contributed by atoms with Crippen molar-refractivity contribution in [2.75, 3.05) is 5.33 Å². The first kappa shape index (κ1) is 15.1. The Kier molecular flexibility index (Phi) is 5.20. The summed E-state index contributed by atoms with van der Waals surface area (Å²) in [5, 5.41) is 13.3. The van der Waals surface area contributed by atoms with E-state index in [0.717, 1.165) is 10.0 Å². The van der Waals surface area contributed by atoms with Crippen molar-refractivity contribution in [3.8, 4) is 5.75 Å². The van der Waals surface area contributed by atoms with E-state index in [1.165, 1.54) is 6.07 Å². The van der Waals surface area contributed by atoms with E-state index in [1.54, 1.807) is 12.1 Å². The fourth-order valence-electron chi connectivity index (χ4n) is 1.82. The van der Waals surface area contributed by atoms with Crippen LogP contribution in [0.25, 0.3) is 0 Å². The van der Waals surface area contributed by atoms with E-state index in [-0.39, 0.29) is 23.3 Å². The molecular weight excluding hydrogens is 386 g/mol. The summed E-state index contributed by atoms with van der Waals surface area (Å²) in [6, 6.07) is 14.3. The average molecular weight is 399 g/mol. The van der Waals surface area contributed by atoms with Crippen LogP contribution in [-0.4, -0.2) is 16.3 Å². The van der Waals surface area contributed by atoms with E-state index in [4.69, 9.17) is 0 Å². The molecule has 2 aromatic carbocycles. The van der Waals surface area contributed by atoms with Crippen LogP contribution in [0.15, 0.2) is 53.0 Å². The maximum Gasteiger partial charge on any atom is 0.255 e. The number of hydrogen-bond acceptors (Lipinski definition) is 2. The summed E-state index contributed by atoms with van der Waals surface area (Å²) in [4.78, 5) is 12.2. The summed E-state index contributed by atoms with van der Waals surface area (Å²) in [5.41, 5.74) is 1.26. The van der Waals surface area contributed by atoms with Crippen LogP contribution in [0.3, 0.4) is 0 Å². The minimum absolute atomic E-state index is 0.0351. The minimum atomic E-state index is -0.308. The molecule has 0 saturated heterocycles. The number of hydrogen-bond donors (Lipinski definition) is 2. The van der Waals surface area contributed by atoms with E-state index < -0.39 is 0 Å². The highest BCUT2D eigenvalue weighted by Gasteiger charge is 2.17. The number of phenolic OH excluding ortho intramolecular Hbond substituents is 1. The molecule has 0 aliphatic carbocycles. The molecule has 20 heavy (non-hydrogen) atoms. The monoisotopic (exact) mass is 397 g/mol. The fourth-order valence-corrected chi connectivity index (χ4v) is 2.72. The van der Waals surface area contributed by atoms with Crippen LogP contribution in [0.2, 0.25) is 0 Å². The number of carbonyl (C=O) groups excluding carboxylic acids is 1. The van der Waals surface area contributed by atoms with Gasteiger partial charge in [0.05, 0.1) is 11.6 Å². The molecule has 0 spiro atoms. The number of halogens is 2. The van der Waals surface area contributed by atoms with Gasteiger partial charge in [0.15, 0.2) is 0 Å². The molecule has 104 valence electrons. The van der Waals surface area contributed by atoms with Crippen molar-refractivity contribution in [1.29, 1.82) is 0 Å². The van der Waals surface area contributed by atoms with Gasteiger partial charge in [0.25, 0.3) is 5.91 Å². The second-order valence-corrected chi connectivity index (χ2v) is 5.82. The predicted molar refractivity (Wildman–Crippen MR) is 86.3 cm³/mol. The summed E-state index contributed by atoms with van der Waals surface area (Å²) in [5.74, 6) is -0.343. The number of phenols is 1. The number of nitrogens with one attached hydrogen (secondary N) is 1. The Morgan fingerprint density at radius 2 is 1.90 bits per heavy atom. The van der Waals surface area contributed by atoms with Gasteiger partial charge >= 0.3 is 0 Å². The number of benzene rings is 2. The molecule has 1 unspecified atom stereocenters. The zero-order valence-corrected chi connectivity index (χ0v) is 13.7. The smallest absolute Gasteiger partial charge is 0.255 e. The van der Waals surface area contributed by atoms with Gasteiger partial charge in [-0.1, -0.05) is 62.2 Å². The van der Waals surface area contributed by atoms with Crippen LogP contribution in [-0.2, 0) is 0 Å². The fraction of sp³-hybridized carbons (Fsp3) is 0.133. The van der Waals surface area contributed by atoms with Gasteiger partial charge in [-0.15, -0.1) is 0 Å². The van der Waals surface area contributed by atoms with Crippen molar-refractivity contribution in [2.45, 2.75) is 6.04 Å². The van der Waals surface area contributed by atoms with Crippen LogP contribution in [0.1, 0.15) is 22.0 Å². The SMILES string of the molecule is O=C(NC(CBr)c1ccccc1)c1cc(Br)ccc1O. The predicted octanol–water partition coefficient (Wildman–Crippen LogP) is 4.02. The minimum Gasteiger partial charge on any atom is -0.507 e. The summed E-state index contributed by atoms with van der Waals surface area (Å²) in [6.07, 6.45) is 0. The highest BCUT2D eigenvalue weighted by molar-refractivity contribution is 9.10. The molecule has 2 rings (SSSR count). The van der Waals surface area contributed by atoms with Gasteiger partial charge in [0, 0.05) is 9.80 Å². The Morgan fingerprint density at radius 3 is 2.55 bits per heavy atom. The normalized spacial score (nSPS) is 11.9. The highest BCUT2D eigenvalue weighted by Crippen LogP contribution is 2.23. The summed E-state index contributed by atoms with van der Waals surface area (Å²) < 4.78 is 0.746. The molecule has 5 heteroatoms. The summed E-state index contributed by atoms with van der Waals surface area (Å²) in [7, 11) is 0. The van der Waals surface area contributed by atoms with Crippen LogP contribution in [0.5, 0.6) is 5.75 Å². The molecule has 0 aromatic heterocycles. The van der Waals surface area contributed by atoms with Gasteiger partial charge < -0.3 is 10.4 Å². The Morgan fingerprint density at radius 1 is 1.20 bits per heavy atom. The zero-order chi connectivity index (χ0) is 14.5. The number of aromatic hydroxyl groups is 1. The summed E-state index contributed by atoms with van der Waals surface area (Å²) in [6.45, 7) is 0. The van der Waals surface area contributed by atoms with Gasteiger partial charge in [-0.05, 0) is 23.8 Å². The number of carbonyl (C=O) groups is 1. The molecule has 3 nitrogen and oxygen atoms in total. The molecule has 0 bridgehead atoms. The lowest BCUT2D eigenvalue weighted by atomic mass is 10.1. The molecule has 1 amide bonds. The third-order valence-electron chi connectivity index (χ3n) is 2.86.